The SMILES string of the molecule is CCCc1c(C(=O)OC(O)CC)cc(O)c(O)c1O. The van der Waals surface area contributed by atoms with Gasteiger partial charge < -0.3 is 25.2 Å². The molecule has 0 saturated heterocycles. The van der Waals surface area contributed by atoms with E-state index in [1.54, 1.807) is 6.92 Å². The van der Waals surface area contributed by atoms with Gasteiger partial charge in [0, 0.05) is 12.0 Å². The maximum absolute atomic E-state index is 11.8. The first kappa shape index (κ1) is 15.1. The molecular weight excluding hydrogens is 252 g/mol. The Labute approximate surface area is 110 Å². The quantitative estimate of drug-likeness (QED) is 0.368. The third-order valence-electron chi connectivity index (χ3n) is 2.67. The zero-order valence-corrected chi connectivity index (χ0v) is 10.9. The van der Waals surface area contributed by atoms with Gasteiger partial charge in [-0.2, -0.15) is 0 Å². The smallest absolute Gasteiger partial charge is 0.340 e. The number of aromatic hydroxyl groups is 3. The maximum atomic E-state index is 11.8. The fourth-order valence-corrected chi connectivity index (χ4v) is 1.64. The van der Waals surface area contributed by atoms with E-state index < -0.39 is 29.5 Å². The summed E-state index contributed by atoms with van der Waals surface area (Å²) in [6.45, 7) is 3.47. The first-order valence-corrected chi connectivity index (χ1v) is 6.08. The second-order valence-electron chi connectivity index (χ2n) is 4.14. The number of phenols is 3. The highest BCUT2D eigenvalue weighted by Crippen LogP contribution is 2.40. The molecule has 6 heteroatoms. The molecule has 1 rings (SSSR count). The summed E-state index contributed by atoms with van der Waals surface area (Å²) in [7, 11) is 0. The molecule has 0 fully saturated rings. The molecular formula is C13H18O6. The van der Waals surface area contributed by atoms with Crippen molar-refractivity contribution in [3.05, 3.63) is 17.2 Å². The van der Waals surface area contributed by atoms with Crippen LogP contribution in [0.1, 0.15) is 42.6 Å². The van der Waals surface area contributed by atoms with Crippen molar-refractivity contribution < 1.29 is 30.0 Å². The molecule has 0 saturated carbocycles. The molecule has 0 heterocycles. The lowest BCUT2D eigenvalue weighted by molar-refractivity contribution is -0.0657. The molecule has 0 bridgehead atoms. The Kier molecular flexibility index (Phi) is 5.00. The molecule has 0 spiro atoms. The van der Waals surface area contributed by atoms with Gasteiger partial charge in [-0.3, -0.25) is 0 Å². The Bertz CT molecular complexity index is 469. The monoisotopic (exact) mass is 270 g/mol. The topological polar surface area (TPSA) is 107 Å². The standard InChI is InChI=1S/C13H18O6/c1-3-5-7-8(13(18)19-10(15)4-2)6-9(14)12(17)11(7)16/h6,10,14-17H,3-5H2,1-2H3. The number of carbonyl (C=O) groups is 1. The number of aliphatic hydroxyl groups is 1. The van der Waals surface area contributed by atoms with Gasteiger partial charge in [0.05, 0.1) is 5.56 Å². The van der Waals surface area contributed by atoms with Crippen LogP contribution in [-0.4, -0.2) is 32.7 Å². The normalized spacial score (nSPS) is 12.2. The molecule has 0 aliphatic rings. The van der Waals surface area contributed by atoms with Crippen LogP contribution in [0, 0.1) is 0 Å². The van der Waals surface area contributed by atoms with Crippen LogP contribution in [0.25, 0.3) is 0 Å². The van der Waals surface area contributed by atoms with Crippen molar-refractivity contribution in [1.82, 2.24) is 0 Å². The Morgan fingerprint density at radius 1 is 1.26 bits per heavy atom. The van der Waals surface area contributed by atoms with Crippen molar-refractivity contribution in [2.75, 3.05) is 0 Å². The summed E-state index contributed by atoms with van der Waals surface area (Å²) in [5, 5.41) is 37.9. The molecule has 1 aromatic rings. The van der Waals surface area contributed by atoms with E-state index in [-0.39, 0.29) is 17.5 Å². The summed E-state index contributed by atoms with van der Waals surface area (Å²) in [5.74, 6) is -2.69. The second kappa shape index (κ2) is 6.29. The number of aliphatic hydroxyl groups excluding tert-OH is 1. The van der Waals surface area contributed by atoms with Gasteiger partial charge in [0.25, 0.3) is 0 Å². The predicted octanol–water partition coefficient (Wildman–Crippen LogP) is 1.64. The summed E-state index contributed by atoms with van der Waals surface area (Å²) >= 11 is 0. The average molecular weight is 270 g/mol. The molecule has 0 aromatic heterocycles. The van der Waals surface area contributed by atoms with Gasteiger partial charge in [-0.15, -0.1) is 0 Å². The van der Waals surface area contributed by atoms with Crippen molar-refractivity contribution in [2.24, 2.45) is 0 Å². The van der Waals surface area contributed by atoms with Crippen LogP contribution >= 0.6 is 0 Å². The van der Waals surface area contributed by atoms with Gasteiger partial charge in [-0.1, -0.05) is 20.3 Å². The van der Waals surface area contributed by atoms with Crippen LogP contribution in [0.4, 0.5) is 0 Å². The molecule has 0 radical (unpaired) electrons. The highest BCUT2D eigenvalue weighted by Gasteiger charge is 2.23. The van der Waals surface area contributed by atoms with Gasteiger partial charge in [-0.05, 0) is 12.5 Å². The first-order valence-electron chi connectivity index (χ1n) is 6.08. The molecule has 0 amide bonds. The minimum Gasteiger partial charge on any atom is -0.504 e. The van der Waals surface area contributed by atoms with Gasteiger partial charge in [0.15, 0.2) is 11.5 Å². The third-order valence-corrected chi connectivity index (χ3v) is 2.67. The summed E-state index contributed by atoms with van der Waals surface area (Å²) in [5.41, 5.74) is 0.119. The van der Waals surface area contributed by atoms with Crippen LogP contribution in [0.2, 0.25) is 0 Å². The summed E-state index contributed by atoms with van der Waals surface area (Å²) < 4.78 is 4.74. The number of carbonyl (C=O) groups excluding carboxylic acids is 1. The van der Waals surface area contributed by atoms with E-state index in [1.165, 1.54) is 0 Å². The molecule has 106 valence electrons. The predicted molar refractivity (Wildman–Crippen MR) is 67.1 cm³/mol. The second-order valence-corrected chi connectivity index (χ2v) is 4.14. The van der Waals surface area contributed by atoms with Gasteiger partial charge >= 0.3 is 5.97 Å². The summed E-state index contributed by atoms with van der Waals surface area (Å²) in [6, 6.07) is 1.02. The molecule has 0 aliphatic heterocycles. The number of hydrogen-bond donors (Lipinski definition) is 4. The van der Waals surface area contributed by atoms with E-state index in [1.807, 2.05) is 6.92 Å². The molecule has 4 N–H and O–H groups in total. The van der Waals surface area contributed by atoms with E-state index >= 15 is 0 Å². The fraction of sp³-hybridized carbons (Fsp3) is 0.462. The lowest BCUT2D eigenvalue weighted by Gasteiger charge is -2.15. The first-order chi connectivity index (χ1) is 8.92. The molecule has 1 aromatic carbocycles. The molecule has 6 nitrogen and oxygen atoms in total. The van der Waals surface area contributed by atoms with Crippen LogP contribution in [0.3, 0.4) is 0 Å². The van der Waals surface area contributed by atoms with Crippen molar-refractivity contribution in [2.45, 2.75) is 39.4 Å². The maximum Gasteiger partial charge on any atom is 0.340 e. The highest BCUT2D eigenvalue weighted by atomic mass is 16.6. The highest BCUT2D eigenvalue weighted by molar-refractivity contribution is 5.93. The van der Waals surface area contributed by atoms with Crippen molar-refractivity contribution >= 4 is 5.97 Å². The van der Waals surface area contributed by atoms with E-state index in [0.29, 0.717) is 12.8 Å². The molecule has 1 atom stereocenters. The lowest BCUT2D eigenvalue weighted by atomic mass is 10.0. The number of rotatable bonds is 5. The van der Waals surface area contributed by atoms with E-state index in [2.05, 4.69) is 0 Å². The Balaban J connectivity index is 3.21. The minimum atomic E-state index is -1.25. The van der Waals surface area contributed by atoms with Crippen LogP contribution < -0.4 is 0 Å². The number of ether oxygens (including phenoxy) is 1. The largest absolute Gasteiger partial charge is 0.504 e. The number of esters is 1. The van der Waals surface area contributed by atoms with Gasteiger partial charge in [-0.25, -0.2) is 4.79 Å². The average Bonchev–Trinajstić information content (AvgIpc) is 2.38. The molecule has 0 aliphatic carbocycles. The Morgan fingerprint density at radius 3 is 2.42 bits per heavy atom. The van der Waals surface area contributed by atoms with Crippen LogP contribution in [0.15, 0.2) is 6.07 Å². The van der Waals surface area contributed by atoms with Crippen molar-refractivity contribution in [3.63, 3.8) is 0 Å². The summed E-state index contributed by atoms with van der Waals surface area (Å²) in [4.78, 5) is 11.8. The third kappa shape index (κ3) is 3.29. The van der Waals surface area contributed by atoms with Crippen molar-refractivity contribution in [1.29, 1.82) is 0 Å². The van der Waals surface area contributed by atoms with E-state index in [9.17, 15) is 25.2 Å². The Morgan fingerprint density at radius 2 is 1.89 bits per heavy atom. The minimum absolute atomic E-state index is 0.0675. The zero-order chi connectivity index (χ0) is 14.6. The van der Waals surface area contributed by atoms with Crippen LogP contribution in [-0.2, 0) is 11.2 Å². The lowest BCUT2D eigenvalue weighted by Crippen LogP contribution is -2.18. The van der Waals surface area contributed by atoms with Gasteiger partial charge in [0.2, 0.25) is 12.0 Å². The van der Waals surface area contributed by atoms with Crippen LogP contribution in [0.5, 0.6) is 17.2 Å². The number of phenolic OH excluding ortho intramolecular Hbond substituents is 3. The summed E-state index contributed by atoms with van der Waals surface area (Å²) in [6.07, 6.45) is -0.0777. The Hall–Kier alpha value is -1.95. The van der Waals surface area contributed by atoms with Gasteiger partial charge in [0.1, 0.15) is 0 Å². The molecule has 19 heavy (non-hydrogen) atoms. The zero-order valence-electron chi connectivity index (χ0n) is 10.9. The van der Waals surface area contributed by atoms with E-state index in [0.717, 1.165) is 6.07 Å². The number of hydrogen-bond acceptors (Lipinski definition) is 6. The fourth-order valence-electron chi connectivity index (χ4n) is 1.64. The van der Waals surface area contributed by atoms with E-state index in [4.69, 9.17) is 4.74 Å². The number of benzene rings is 1. The molecule has 1 unspecified atom stereocenters. The van der Waals surface area contributed by atoms with Crippen molar-refractivity contribution in [3.8, 4) is 17.2 Å².